The largest absolute Gasteiger partial charge is 0.394 e. The molecular weight excluding hydrogens is 276 g/mol. The normalized spacial score (nSPS) is 11.9. The highest BCUT2D eigenvalue weighted by Gasteiger charge is 2.33. The number of anilines is 1. The fourth-order valence-electron chi connectivity index (χ4n) is 1.55. The predicted octanol–water partition coefficient (Wildman–Crippen LogP) is -0.568. The minimum absolute atomic E-state index is 0.103. The average molecular weight is 288 g/mol. The Morgan fingerprint density at radius 3 is 2.58 bits per heavy atom. The number of hydrogen-bond acceptors (Lipinski definition) is 8. The van der Waals surface area contributed by atoms with Crippen molar-refractivity contribution >= 4 is 27.9 Å². The van der Waals surface area contributed by atoms with Crippen LogP contribution in [0.25, 0.3) is 4.96 Å². The molecule has 0 atom stereocenters. The van der Waals surface area contributed by atoms with Crippen molar-refractivity contribution in [2.75, 3.05) is 25.1 Å². The number of aliphatic hydroxyl groups is 3. The zero-order valence-electron chi connectivity index (χ0n) is 9.68. The van der Waals surface area contributed by atoms with Crippen molar-refractivity contribution in [3.63, 3.8) is 0 Å². The van der Waals surface area contributed by atoms with Gasteiger partial charge in [-0.25, -0.2) is 0 Å². The predicted molar refractivity (Wildman–Crippen MR) is 67.3 cm³/mol. The van der Waals surface area contributed by atoms with Crippen LogP contribution in [0.1, 0.15) is 0 Å². The van der Waals surface area contributed by atoms with Gasteiger partial charge in [0.05, 0.1) is 19.8 Å². The van der Waals surface area contributed by atoms with Crippen LogP contribution in [0.15, 0.2) is 11.6 Å². The van der Waals surface area contributed by atoms with E-state index in [0.717, 1.165) is 0 Å². The summed E-state index contributed by atoms with van der Waals surface area (Å²) in [6.07, 6.45) is 1.49. The van der Waals surface area contributed by atoms with Gasteiger partial charge in [-0.1, -0.05) is 11.3 Å². The summed E-state index contributed by atoms with van der Waals surface area (Å²) in [6, 6.07) is 0. The second kappa shape index (κ2) is 5.09. The lowest BCUT2D eigenvalue weighted by Crippen LogP contribution is -2.49. The molecule has 10 heteroatoms. The highest BCUT2D eigenvalue weighted by Crippen LogP contribution is 2.29. The van der Waals surface area contributed by atoms with Crippen LogP contribution in [0, 0.1) is 10.1 Å². The van der Waals surface area contributed by atoms with Crippen LogP contribution in [0.2, 0.25) is 0 Å². The van der Waals surface area contributed by atoms with Crippen molar-refractivity contribution < 1.29 is 20.2 Å². The summed E-state index contributed by atoms with van der Waals surface area (Å²) >= 11 is 1.21. The Kier molecular flexibility index (Phi) is 3.66. The molecule has 0 saturated carbocycles. The molecule has 0 bridgehead atoms. The maximum atomic E-state index is 11.1. The molecule has 0 aliphatic rings. The second-order valence-electron chi connectivity index (χ2n) is 3.98. The van der Waals surface area contributed by atoms with Gasteiger partial charge in [0, 0.05) is 5.38 Å². The molecule has 0 spiro atoms. The number of nitrogens with zero attached hydrogens (tertiary/aromatic N) is 3. The first kappa shape index (κ1) is 13.7. The van der Waals surface area contributed by atoms with Crippen molar-refractivity contribution in [2.45, 2.75) is 5.54 Å². The fraction of sp³-hybridized carbons (Fsp3) is 0.444. The van der Waals surface area contributed by atoms with E-state index >= 15 is 0 Å². The topological polar surface area (TPSA) is 133 Å². The molecule has 0 fully saturated rings. The van der Waals surface area contributed by atoms with Crippen LogP contribution < -0.4 is 5.32 Å². The van der Waals surface area contributed by atoms with Gasteiger partial charge in [-0.05, 0) is 4.92 Å². The average Bonchev–Trinajstić information content (AvgIpc) is 2.95. The van der Waals surface area contributed by atoms with E-state index in [1.165, 1.54) is 21.9 Å². The Balaban J connectivity index is 2.47. The molecule has 0 aliphatic carbocycles. The van der Waals surface area contributed by atoms with Crippen LogP contribution in [0.3, 0.4) is 0 Å². The lowest BCUT2D eigenvalue weighted by Gasteiger charge is -2.28. The molecule has 2 heterocycles. The third kappa shape index (κ3) is 2.26. The molecule has 4 N–H and O–H groups in total. The Hall–Kier alpha value is -1.75. The number of nitro groups is 1. The van der Waals surface area contributed by atoms with E-state index in [9.17, 15) is 25.4 Å². The van der Waals surface area contributed by atoms with Gasteiger partial charge in [0.1, 0.15) is 11.7 Å². The molecule has 2 aromatic heterocycles. The van der Waals surface area contributed by atoms with Gasteiger partial charge in [0.25, 0.3) is 4.96 Å². The minimum atomic E-state index is -1.46. The quantitative estimate of drug-likeness (QED) is 0.413. The zero-order chi connectivity index (χ0) is 14.0. The lowest BCUT2D eigenvalue weighted by atomic mass is 10.0. The van der Waals surface area contributed by atoms with Gasteiger partial charge in [0.15, 0.2) is 0 Å². The Morgan fingerprint density at radius 2 is 2.05 bits per heavy atom. The summed E-state index contributed by atoms with van der Waals surface area (Å²) < 4.78 is 1.28. The molecule has 2 rings (SSSR count). The van der Waals surface area contributed by atoms with Gasteiger partial charge in [-0.3, -0.25) is 0 Å². The maximum Gasteiger partial charge on any atom is 0.372 e. The summed E-state index contributed by atoms with van der Waals surface area (Å²) in [7, 11) is 0. The van der Waals surface area contributed by atoms with Crippen LogP contribution >= 0.6 is 11.3 Å². The number of aromatic nitrogens is 2. The van der Waals surface area contributed by atoms with Crippen molar-refractivity contribution in [1.82, 2.24) is 9.38 Å². The van der Waals surface area contributed by atoms with E-state index in [2.05, 4.69) is 10.3 Å². The SMILES string of the molecule is O=[N+]([O-])c1c(NC(CO)(CO)CO)nc2sccn12. The van der Waals surface area contributed by atoms with Crippen molar-refractivity contribution in [1.29, 1.82) is 0 Å². The number of fused-ring (bicyclic) bond motifs is 1. The summed E-state index contributed by atoms with van der Waals surface area (Å²) in [5.41, 5.74) is -1.46. The van der Waals surface area contributed by atoms with Gasteiger partial charge >= 0.3 is 5.82 Å². The summed E-state index contributed by atoms with van der Waals surface area (Å²) in [4.78, 5) is 14.9. The number of thiazole rings is 1. The Bertz CT molecular complexity index is 582. The summed E-state index contributed by atoms with van der Waals surface area (Å²) in [5.74, 6) is -0.412. The first-order chi connectivity index (χ1) is 9.06. The molecule has 0 aliphatic heterocycles. The van der Waals surface area contributed by atoms with Crippen LogP contribution in [0.4, 0.5) is 11.6 Å². The summed E-state index contributed by atoms with van der Waals surface area (Å²) in [6.45, 7) is -1.78. The number of imidazole rings is 1. The van der Waals surface area contributed by atoms with E-state index < -0.39 is 30.3 Å². The Morgan fingerprint density at radius 1 is 1.42 bits per heavy atom. The summed E-state index contributed by atoms with van der Waals surface area (Å²) in [5, 5.41) is 42.9. The highest BCUT2D eigenvalue weighted by molar-refractivity contribution is 7.15. The van der Waals surface area contributed by atoms with Crippen LogP contribution in [-0.2, 0) is 0 Å². The smallest absolute Gasteiger partial charge is 0.372 e. The number of hydrogen-bond donors (Lipinski definition) is 4. The first-order valence-corrected chi connectivity index (χ1v) is 6.15. The fourth-order valence-corrected chi connectivity index (χ4v) is 2.26. The Labute approximate surface area is 110 Å². The number of nitrogens with one attached hydrogen (secondary N) is 1. The van der Waals surface area contributed by atoms with E-state index in [1.54, 1.807) is 5.38 Å². The molecule has 0 aromatic carbocycles. The third-order valence-electron chi connectivity index (χ3n) is 2.70. The van der Waals surface area contributed by atoms with Crippen LogP contribution in [0.5, 0.6) is 0 Å². The molecule has 0 radical (unpaired) electrons. The molecule has 104 valence electrons. The molecule has 0 unspecified atom stereocenters. The van der Waals surface area contributed by atoms with Crippen LogP contribution in [-0.4, -0.2) is 55.0 Å². The first-order valence-electron chi connectivity index (χ1n) is 5.27. The standard InChI is InChI=1S/C9H12N4O5S/c14-3-9(4-15,5-16)11-6-7(13(17)18)12-1-2-19-8(12)10-6/h1-2,11,14-16H,3-5H2. The zero-order valence-corrected chi connectivity index (χ0v) is 10.5. The monoisotopic (exact) mass is 288 g/mol. The van der Waals surface area contributed by atoms with E-state index in [4.69, 9.17) is 0 Å². The van der Waals surface area contributed by atoms with Crippen molar-refractivity contribution in [3.8, 4) is 0 Å². The van der Waals surface area contributed by atoms with Gasteiger partial charge in [-0.2, -0.15) is 9.38 Å². The highest BCUT2D eigenvalue weighted by atomic mass is 32.1. The van der Waals surface area contributed by atoms with Gasteiger partial charge in [-0.15, -0.1) is 0 Å². The molecule has 19 heavy (non-hydrogen) atoms. The number of aliphatic hydroxyl groups excluding tert-OH is 3. The molecule has 9 nitrogen and oxygen atoms in total. The lowest BCUT2D eigenvalue weighted by molar-refractivity contribution is -0.389. The minimum Gasteiger partial charge on any atom is -0.394 e. The molecule has 0 saturated heterocycles. The number of rotatable bonds is 6. The van der Waals surface area contributed by atoms with E-state index in [0.29, 0.717) is 4.96 Å². The maximum absolute atomic E-state index is 11.1. The van der Waals surface area contributed by atoms with Crippen molar-refractivity contribution in [3.05, 3.63) is 21.7 Å². The van der Waals surface area contributed by atoms with E-state index in [1.807, 2.05) is 0 Å². The van der Waals surface area contributed by atoms with Crippen molar-refractivity contribution in [2.24, 2.45) is 0 Å². The molecule has 0 amide bonds. The second-order valence-corrected chi connectivity index (χ2v) is 4.85. The van der Waals surface area contributed by atoms with Gasteiger partial charge in [0.2, 0.25) is 5.82 Å². The molecule has 2 aromatic rings. The van der Waals surface area contributed by atoms with Gasteiger partial charge < -0.3 is 30.8 Å². The molecular formula is C9H12N4O5S. The third-order valence-corrected chi connectivity index (χ3v) is 3.46. The van der Waals surface area contributed by atoms with E-state index in [-0.39, 0.29) is 11.6 Å².